The highest BCUT2D eigenvalue weighted by Crippen LogP contribution is 2.50. The summed E-state index contributed by atoms with van der Waals surface area (Å²) >= 11 is 0. The lowest BCUT2D eigenvalue weighted by molar-refractivity contribution is -0.173. The van der Waals surface area contributed by atoms with Gasteiger partial charge in [-0.2, -0.15) is 18.2 Å². The van der Waals surface area contributed by atoms with Gasteiger partial charge in [-0.05, 0) is 46.1 Å². The highest BCUT2D eigenvalue weighted by Gasteiger charge is 2.50. The van der Waals surface area contributed by atoms with Gasteiger partial charge in [0, 0.05) is 19.2 Å². The number of phosphoric acid groups is 2. The van der Waals surface area contributed by atoms with Crippen LogP contribution >= 0.6 is 15.6 Å². The number of esters is 1. The Morgan fingerprint density at radius 1 is 1.02 bits per heavy atom. The van der Waals surface area contributed by atoms with Crippen molar-refractivity contribution in [3.63, 3.8) is 0 Å². The Bertz CT molecular complexity index is 2310. The summed E-state index contributed by atoms with van der Waals surface area (Å²) in [4.78, 5) is 95.4. The second kappa shape index (κ2) is 20.1. The van der Waals surface area contributed by atoms with E-state index in [1.165, 1.54) is 37.6 Å². The molecule has 32 heteroatoms. The number of hydrogen-bond acceptors (Lipinski definition) is 20. The number of phosphoric ester groups is 2. The average molecular weight is 961 g/mol. The van der Waals surface area contributed by atoms with Crippen LogP contribution in [0.15, 0.2) is 29.7 Å². The quantitative estimate of drug-likeness (QED) is 0.0474. The topological polar surface area (TPSA) is 385 Å². The maximum Gasteiger partial charge on any atom is 0.472 e. The molecule has 10 N–H and O–H groups in total. The number of ether oxygens (including phenoxy) is 4. The molecule has 0 radical (unpaired) electrons. The molecule has 5 rings (SSSR count). The number of halogens is 3. The molecule has 2 unspecified atom stereocenters. The summed E-state index contributed by atoms with van der Waals surface area (Å²) in [6.45, 7) is 2.20. The standard InChI is InChI=1S/C32H45F3N10O17P2/c1-31(2,3)61-30(50)42-15(6-4-5-8-38-28(48)32(33,34)35)27(47)60-23-18(59-26(22(23)46)45-14-41-21-24(37)39-13-40-25(21)45)12-57-64(54,55)62-16-10-20(44-9-7-19(36)43-29(44)49)58-17(16)11-56-63(51,52)53/h7,9,13-18,20,22-23,26,46H,4-6,8,10-12H2,1-3H3,(H,38,48)(H,42,50)(H,54,55)(H2,36,43,49)(H2,37,39,40)(H2,51,52,53)/t15-,16-,17+,18+,20+,22+,23+,26?/m0/s1. The molecule has 2 fully saturated rings. The van der Waals surface area contributed by atoms with Crippen molar-refractivity contribution in [1.82, 2.24) is 39.7 Å². The first-order valence-electron chi connectivity index (χ1n) is 18.9. The predicted octanol–water partition coefficient (Wildman–Crippen LogP) is 0.0588. The number of nitrogens with two attached hydrogens (primary N) is 2. The molecule has 0 aromatic carbocycles. The average Bonchev–Trinajstić information content (AvgIpc) is 3.86. The fraction of sp³-hybridized carbons (Fsp3) is 0.625. The van der Waals surface area contributed by atoms with Crippen molar-refractivity contribution in [3.8, 4) is 0 Å². The molecule has 2 saturated heterocycles. The molecule has 0 saturated carbocycles. The molecule has 2 aliphatic heterocycles. The first-order valence-corrected chi connectivity index (χ1v) is 21.9. The molecule has 0 bridgehead atoms. The number of carbonyl (C=O) groups excluding carboxylic acids is 3. The van der Waals surface area contributed by atoms with Crippen LogP contribution < -0.4 is 27.8 Å². The van der Waals surface area contributed by atoms with E-state index in [2.05, 4.69) is 29.8 Å². The van der Waals surface area contributed by atoms with Crippen LogP contribution in [-0.2, 0) is 51.2 Å². The van der Waals surface area contributed by atoms with E-state index in [1.807, 2.05) is 0 Å². The van der Waals surface area contributed by atoms with Crippen LogP contribution in [0.4, 0.5) is 29.6 Å². The summed E-state index contributed by atoms with van der Waals surface area (Å²) in [5.74, 6) is -3.64. The summed E-state index contributed by atoms with van der Waals surface area (Å²) in [5, 5.41) is 15.6. The SMILES string of the molecule is CC(C)(C)OC(=O)N[C@@H](CCCCNC(=O)C(F)(F)F)C(=O)O[C@@H]1[C@@H](COP(=O)(O)O[C@H]2C[C@H](n3ccc(N)nc3=O)O[C@@H]2COP(=O)(O)O)OC(n2cnc3c(N)ncnc32)[C@@H]1O. The second-order valence-electron chi connectivity index (χ2n) is 15.1. The normalized spacial score (nSPS) is 24.2. The molecular formula is C32H45F3N10O17P2. The zero-order valence-corrected chi connectivity index (χ0v) is 35.6. The highest BCUT2D eigenvalue weighted by atomic mass is 31.2. The van der Waals surface area contributed by atoms with Crippen LogP contribution in [0, 0.1) is 0 Å². The van der Waals surface area contributed by atoms with Crippen molar-refractivity contribution in [1.29, 1.82) is 0 Å². The number of imidazole rings is 1. The number of unbranched alkanes of at least 4 members (excludes halogenated alkanes) is 1. The summed E-state index contributed by atoms with van der Waals surface area (Å²) in [6, 6.07) is -0.359. The third-order valence-electron chi connectivity index (χ3n) is 9.08. The number of nitrogens with one attached hydrogen (secondary N) is 2. The van der Waals surface area contributed by atoms with Crippen LogP contribution in [0.25, 0.3) is 11.2 Å². The van der Waals surface area contributed by atoms with Crippen LogP contribution in [0.1, 0.15) is 58.9 Å². The first kappa shape index (κ1) is 50.1. The van der Waals surface area contributed by atoms with Gasteiger partial charge in [-0.15, -0.1) is 0 Å². The van der Waals surface area contributed by atoms with E-state index < -0.39 is 126 Å². The molecule has 27 nitrogen and oxygen atoms in total. The van der Waals surface area contributed by atoms with Crippen LogP contribution in [0.3, 0.4) is 0 Å². The fourth-order valence-corrected chi connectivity index (χ4v) is 7.59. The van der Waals surface area contributed by atoms with Gasteiger partial charge in [0.25, 0.3) is 0 Å². The lowest BCUT2D eigenvalue weighted by Gasteiger charge is -2.26. The Kier molecular flexibility index (Phi) is 15.8. The number of alkyl carbamates (subject to hydrolysis) is 1. The Morgan fingerprint density at radius 2 is 1.72 bits per heavy atom. The third-order valence-corrected chi connectivity index (χ3v) is 10.6. The van der Waals surface area contributed by atoms with E-state index in [0.29, 0.717) is 0 Å². The van der Waals surface area contributed by atoms with Gasteiger partial charge in [0.1, 0.15) is 59.9 Å². The number of aromatic nitrogens is 6. The molecule has 0 spiro atoms. The van der Waals surface area contributed by atoms with Gasteiger partial charge in [-0.1, -0.05) is 0 Å². The van der Waals surface area contributed by atoms with Gasteiger partial charge in [-0.25, -0.2) is 38.5 Å². The number of nitrogen functional groups attached to an aromatic ring is 2. The molecule has 9 atom stereocenters. The number of hydrogen-bond donors (Lipinski definition) is 8. The molecule has 3 aromatic heterocycles. The lowest BCUT2D eigenvalue weighted by atomic mass is 10.1. The predicted molar refractivity (Wildman–Crippen MR) is 206 cm³/mol. The minimum Gasteiger partial charge on any atom is -0.455 e. The smallest absolute Gasteiger partial charge is 0.455 e. The Labute approximate surface area is 358 Å². The zero-order chi connectivity index (χ0) is 47.4. The maximum atomic E-state index is 13.8. The largest absolute Gasteiger partial charge is 0.472 e. The first-order chi connectivity index (χ1) is 29.7. The van der Waals surface area contributed by atoms with Gasteiger partial charge in [0.15, 0.2) is 23.8 Å². The summed E-state index contributed by atoms with van der Waals surface area (Å²) < 4.78 is 103. The number of alkyl halides is 3. The number of rotatable bonds is 18. The fourth-order valence-electron chi connectivity index (χ4n) is 6.29. The second-order valence-corrected chi connectivity index (χ2v) is 17.7. The van der Waals surface area contributed by atoms with Crippen molar-refractivity contribution in [2.24, 2.45) is 0 Å². The number of anilines is 2. The third kappa shape index (κ3) is 13.6. The number of aliphatic hydroxyl groups is 1. The van der Waals surface area contributed by atoms with Crippen molar-refractivity contribution in [2.45, 2.75) is 107 Å². The monoisotopic (exact) mass is 960 g/mol. The van der Waals surface area contributed by atoms with Gasteiger partial charge >= 0.3 is 45.5 Å². The molecule has 356 valence electrons. The number of aliphatic hydroxyl groups excluding tert-OH is 1. The van der Waals surface area contributed by atoms with Gasteiger partial charge in [-0.3, -0.25) is 27.5 Å². The molecular weight excluding hydrogens is 915 g/mol. The summed E-state index contributed by atoms with van der Waals surface area (Å²) in [5.41, 5.74) is 9.58. The number of fused-ring (bicyclic) bond motifs is 1. The Hall–Kier alpha value is -4.87. The van der Waals surface area contributed by atoms with Gasteiger partial charge in [0.2, 0.25) is 0 Å². The number of carbonyl (C=O) groups is 3. The van der Waals surface area contributed by atoms with E-state index in [4.69, 9.17) is 39.5 Å². The molecule has 0 aliphatic carbocycles. The minimum atomic E-state index is -5.32. The van der Waals surface area contributed by atoms with Crippen LogP contribution in [0.5, 0.6) is 0 Å². The minimum absolute atomic E-state index is 0.0243. The Balaban J connectivity index is 1.36. The number of nitrogens with zero attached hydrogens (tertiary/aromatic N) is 6. The molecule has 2 amide bonds. The van der Waals surface area contributed by atoms with E-state index in [-0.39, 0.29) is 42.1 Å². The van der Waals surface area contributed by atoms with Crippen molar-refractivity contribution < 1.29 is 89.0 Å². The van der Waals surface area contributed by atoms with Crippen molar-refractivity contribution >= 4 is 56.4 Å². The van der Waals surface area contributed by atoms with Gasteiger partial charge < -0.3 is 60.8 Å². The van der Waals surface area contributed by atoms with E-state index >= 15 is 0 Å². The number of amides is 2. The zero-order valence-electron chi connectivity index (χ0n) is 33.8. The van der Waals surface area contributed by atoms with Gasteiger partial charge in [0.05, 0.1) is 19.5 Å². The highest BCUT2D eigenvalue weighted by molar-refractivity contribution is 7.47. The van der Waals surface area contributed by atoms with Crippen LogP contribution in [-0.4, -0.2) is 135 Å². The van der Waals surface area contributed by atoms with E-state index in [0.717, 1.165) is 17.2 Å². The van der Waals surface area contributed by atoms with E-state index in [9.17, 15) is 61.3 Å². The molecule has 64 heavy (non-hydrogen) atoms. The summed E-state index contributed by atoms with van der Waals surface area (Å²) in [7, 11) is -10.4. The summed E-state index contributed by atoms with van der Waals surface area (Å²) in [6.07, 6.45) is -14.9. The van der Waals surface area contributed by atoms with Crippen molar-refractivity contribution in [3.05, 3.63) is 35.4 Å². The van der Waals surface area contributed by atoms with E-state index in [1.54, 1.807) is 5.32 Å². The molecule has 5 heterocycles. The molecule has 2 aliphatic rings. The Morgan fingerprint density at radius 3 is 2.38 bits per heavy atom. The lowest BCUT2D eigenvalue weighted by Crippen LogP contribution is -2.47. The maximum absolute atomic E-state index is 13.8. The molecule has 3 aromatic rings. The van der Waals surface area contributed by atoms with Crippen LogP contribution in [0.2, 0.25) is 0 Å². The van der Waals surface area contributed by atoms with Crippen molar-refractivity contribution in [2.75, 3.05) is 31.2 Å².